The Morgan fingerprint density at radius 3 is 2.71 bits per heavy atom. The van der Waals surface area contributed by atoms with E-state index in [1.165, 1.54) is 0 Å². The maximum absolute atomic E-state index is 4.77. The molecule has 108 valence electrons. The summed E-state index contributed by atoms with van der Waals surface area (Å²) in [5, 5.41) is 4.40. The molecule has 0 saturated carbocycles. The summed E-state index contributed by atoms with van der Waals surface area (Å²) < 4.78 is 2.09. The third kappa shape index (κ3) is 2.84. The fourth-order valence-corrected chi connectivity index (χ4v) is 5.00. The van der Waals surface area contributed by atoms with Crippen LogP contribution in [0.15, 0.2) is 31.8 Å². The van der Waals surface area contributed by atoms with Gasteiger partial charge in [0.25, 0.3) is 0 Å². The SMILES string of the molecule is CCNc1nc(-c2cc(Br)sc2Br)nc2c(C)cccc12. The van der Waals surface area contributed by atoms with Gasteiger partial charge in [0.05, 0.1) is 13.1 Å². The second kappa shape index (κ2) is 6.02. The van der Waals surface area contributed by atoms with Crippen LogP contribution in [-0.2, 0) is 0 Å². The van der Waals surface area contributed by atoms with E-state index in [0.29, 0.717) is 0 Å². The van der Waals surface area contributed by atoms with Crippen LogP contribution in [0.1, 0.15) is 12.5 Å². The highest BCUT2D eigenvalue weighted by Gasteiger charge is 2.14. The molecule has 2 aromatic heterocycles. The molecule has 3 rings (SSSR count). The molecule has 0 spiro atoms. The van der Waals surface area contributed by atoms with Gasteiger partial charge in [0.15, 0.2) is 5.82 Å². The largest absolute Gasteiger partial charge is 0.370 e. The minimum absolute atomic E-state index is 0.738. The van der Waals surface area contributed by atoms with Gasteiger partial charge in [0.1, 0.15) is 5.82 Å². The van der Waals surface area contributed by atoms with Crippen LogP contribution in [0, 0.1) is 6.92 Å². The normalized spacial score (nSPS) is 11.0. The lowest BCUT2D eigenvalue weighted by atomic mass is 10.1. The minimum atomic E-state index is 0.738. The van der Waals surface area contributed by atoms with E-state index in [1.807, 2.05) is 12.1 Å². The van der Waals surface area contributed by atoms with Gasteiger partial charge in [-0.25, -0.2) is 9.97 Å². The second-order valence-electron chi connectivity index (χ2n) is 4.64. The molecule has 0 aliphatic rings. The summed E-state index contributed by atoms with van der Waals surface area (Å²) in [5.74, 6) is 1.62. The fourth-order valence-electron chi connectivity index (χ4n) is 2.21. The van der Waals surface area contributed by atoms with E-state index in [4.69, 9.17) is 9.97 Å². The van der Waals surface area contributed by atoms with Gasteiger partial charge < -0.3 is 5.32 Å². The summed E-state index contributed by atoms with van der Waals surface area (Å²) in [6.45, 7) is 4.97. The van der Waals surface area contributed by atoms with Gasteiger partial charge in [0, 0.05) is 17.5 Å². The summed E-state index contributed by atoms with van der Waals surface area (Å²) in [7, 11) is 0. The summed E-state index contributed by atoms with van der Waals surface area (Å²) in [6, 6.07) is 8.22. The number of hydrogen-bond acceptors (Lipinski definition) is 4. The molecule has 0 fully saturated rings. The average Bonchev–Trinajstić information content (AvgIpc) is 2.79. The number of rotatable bonds is 3. The van der Waals surface area contributed by atoms with Crippen LogP contribution in [0.25, 0.3) is 22.3 Å². The molecule has 0 amide bonds. The monoisotopic (exact) mass is 425 g/mol. The number of para-hydroxylation sites is 1. The van der Waals surface area contributed by atoms with Crippen LogP contribution >= 0.6 is 43.2 Å². The van der Waals surface area contributed by atoms with Crippen molar-refractivity contribution in [3.05, 3.63) is 37.4 Å². The molecule has 0 unspecified atom stereocenters. The summed E-state index contributed by atoms with van der Waals surface area (Å²) in [5.41, 5.74) is 3.16. The Morgan fingerprint density at radius 2 is 2.05 bits per heavy atom. The van der Waals surface area contributed by atoms with E-state index < -0.39 is 0 Å². The molecule has 0 radical (unpaired) electrons. The number of benzene rings is 1. The maximum atomic E-state index is 4.77. The Labute approximate surface area is 144 Å². The number of aromatic nitrogens is 2. The van der Waals surface area contributed by atoms with Gasteiger partial charge in [0.2, 0.25) is 0 Å². The molecule has 1 N–H and O–H groups in total. The first-order valence-corrected chi connectivity index (χ1v) is 8.97. The van der Waals surface area contributed by atoms with E-state index in [9.17, 15) is 0 Å². The molecule has 6 heteroatoms. The van der Waals surface area contributed by atoms with E-state index in [0.717, 1.165) is 47.8 Å². The van der Waals surface area contributed by atoms with Crippen LogP contribution in [0.3, 0.4) is 0 Å². The quantitative estimate of drug-likeness (QED) is 0.590. The Hall–Kier alpha value is -0.980. The van der Waals surface area contributed by atoms with Crippen molar-refractivity contribution in [2.24, 2.45) is 0 Å². The third-order valence-electron chi connectivity index (χ3n) is 3.17. The lowest BCUT2D eigenvalue weighted by molar-refractivity contribution is 1.14. The van der Waals surface area contributed by atoms with Crippen molar-refractivity contribution >= 4 is 59.9 Å². The zero-order valence-corrected chi connectivity index (χ0v) is 15.6. The van der Waals surface area contributed by atoms with Crippen LogP contribution in [0.4, 0.5) is 5.82 Å². The number of halogens is 2. The smallest absolute Gasteiger partial charge is 0.164 e. The lowest BCUT2D eigenvalue weighted by Crippen LogP contribution is -2.03. The predicted octanol–water partition coefficient (Wildman–Crippen LogP) is 5.62. The van der Waals surface area contributed by atoms with Crippen molar-refractivity contribution in [3.8, 4) is 11.4 Å². The Balaban J connectivity index is 2.29. The van der Waals surface area contributed by atoms with Crippen LogP contribution in [0.5, 0.6) is 0 Å². The van der Waals surface area contributed by atoms with Crippen molar-refractivity contribution in [1.29, 1.82) is 0 Å². The topological polar surface area (TPSA) is 37.8 Å². The number of hydrogen-bond donors (Lipinski definition) is 1. The van der Waals surface area contributed by atoms with Crippen molar-refractivity contribution in [3.63, 3.8) is 0 Å². The Kier molecular flexibility index (Phi) is 4.28. The Bertz CT molecular complexity index is 814. The van der Waals surface area contributed by atoms with E-state index in [2.05, 4.69) is 63.2 Å². The number of anilines is 1. The third-order valence-corrected chi connectivity index (χ3v) is 5.51. The van der Waals surface area contributed by atoms with Crippen molar-refractivity contribution < 1.29 is 0 Å². The standard InChI is InChI=1S/C15H13Br2N3S/c1-3-18-14-9-6-4-5-8(2)12(9)19-15(20-14)10-7-11(16)21-13(10)17/h4-7H,3H2,1-2H3,(H,18,19,20). The highest BCUT2D eigenvalue weighted by Crippen LogP contribution is 2.38. The average molecular weight is 427 g/mol. The molecule has 3 nitrogen and oxygen atoms in total. The first-order valence-electron chi connectivity index (χ1n) is 6.56. The van der Waals surface area contributed by atoms with Gasteiger partial charge in [-0.15, -0.1) is 11.3 Å². The molecule has 0 bridgehead atoms. The molecule has 1 aromatic carbocycles. The number of nitrogens with one attached hydrogen (secondary N) is 1. The van der Waals surface area contributed by atoms with Crippen LogP contribution in [-0.4, -0.2) is 16.5 Å². The highest BCUT2D eigenvalue weighted by atomic mass is 79.9. The van der Waals surface area contributed by atoms with Gasteiger partial charge in [-0.3, -0.25) is 0 Å². The molecule has 0 aliphatic heterocycles. The number of nitrogens with zero attached hydrogens (tertiary/aromatic N) is 2. The molecule has 21 heavy (non-hydrogen) atoms. The first-order chi connectivity index (χ1) is 10.1. The van der Waals surface area contributed by atoms with E-state index in [-0.39, 0.29) is 0 Å². The van der Waals surface area contributed by atoms with Gasteiger partial charge >= 0.3 is 0 Å². The number of thiophene rings is 1. The lowest BCUT2D eigenvalue weighted by Gasteiger charge is -2.10. The molecule has 3 aromatic rings. The maximum Gasteiger partial charge on any atom is 0.164 e. The highest BCUT2D eigenvalue weighted by molar-refractivity contribution is 9.12. The Morgan fingerprint density at radius 1 is 1.24 bits per heavy atom. The molecule has 0 atom stereocenters. The first kappa shape index (κ1) is 14.9. The molecule has 0 aliphatic carbocycles. The number of fused-ring (bicyclic) bond motifs is 1. The predicted molar refractivity (Wildman–Crippen MR) is 97.2 cm³/mol. The van der Waals surface area contributed by atoms with E-state index in [1.54, 1.807) is 11.3 Å². The summed E-state index contributed by atoms with van der Waals surface area (Å²) in [4.78, 5) is 9.48. The molecular formula is C15H13Br2N3S. The zero-order valence-electron chi connectivity index (χ0n) is 11.6. The summed E-state index contributed by atoms with van der Waals surface area (Å²) >= 11 is 8.72. The van der Waals surface area contributed by atoms with Gasteiger partial charge in [-0.2, -0.15) is 0 Å². The zero-order chi connectivity index (χ0) is 15.0. The second-order valence-corrected chi connectivity index (χ2v) is 8.38. The molecular weight excluding hydrogens is 414 g/mol. The van der Waals surface area contributed by atoms with E-state index >= 15 is 0 Å². The number of aryl methyl sites for hydroxylation is 1. The van der Waals surface area contributed by atoms with Crippen molar-refractivity contribution in [2.75, 3.05) is 11.9 Å². The minimum Gasteiger partial charge on any atom is -0.370 e. The molecule has 0 saturated heterocycles. The van der Waals surface area contributed by atoms with Crippen molar-refractivity contribution in [1.82, 2.24) is 9.97 Å². The van der Waals surface area contributed by atoms with Crippen LogP contribution < -0.4 is 5.32 Å². The van der Waals surface area contributed by atoms with Gasteiger partial charge in [-0.1, -0.05) is 12.1 Å². The fraction of sp³-hybridized carbons (Fsp3) is 0.200. The summed E-state index contributed by atoms with van der Waals surface area (Å²) in [6.07, 6.45) is 0. The van der Waals surface area contributed by atoms with Crippen LogP contribution in [0.2, 0.25) is 0 Å². The van der Waals surface area contributed by atoms with Crippen molar-refractivity contribution in [2.45, 2.75) is 13.8 Å². The van der Waals surface area contributed by atoms with Gasteiger partial charge in [-0.05, 0) is 63.4 Å². The molecule has 2 heterocycles.